The number of oxime groups is 1. The van der Waals surface area contributed by atoms with Gasteiger partial charge in [0, 0.05) is 11.4 Å². The van der Waals surface area contributed by atoms with E-state index in [2.05, 4.69) is 47.6 Å². The van der Waals surface area contributed by atoms with E-state index in [1.165, 1.54) is 11.1 Å². The van der Waals surface area contributed by atoms with Gasteiger partial charge in [-0.2, -0.15) is 0 Å². The van der Waals surface area contributed by atoms with Crippen molar-refractivity contribution in [3.05, 3.63) is 41.9 Å². The maximum absolute atomic E-state index is 8.78. The number of rotatable bonds is 5. The Morgan fingerprint density at radius 3 is 2.60 bits per heavy atom. The van der Waals surface area contributed by atoms with Gasteiger partial charge in [-0.25, -0.2) is 4.98 Å². The van der Waals surface area contributed by atoms with Gasteiger partial charge >= 0.3 is 0 Å². The van der Waals surface area contributed by atoms with Gasteiger partial charge in [-0.1, -0.05) is 49.0 Å². The summed E-state index contributed by atoms with van der Waals surface area (Å²) in [5, 5.41) is 13.0. The van der Waals surface area contributed by atoms with Crippen molar-refractivity contribution in [1.29, 1.82) is 0 Å². The van der Waals surface area contributed by atoms with Crippen LogP contribution in [0.4, 0.5) is 0 Å². The topological polar surface area (TPSA) is 50.4 Å². The van der Waals surface area contributed by atoms with Crippen molar-refractivity contribution < 1.29 is 5.21 Å². The minimum absolute atomic E-state index is 0.319. The third-order valence-corrected chi connectivity index (χ3v) is 4.10. The van der Waals surface area contributed by atoms with Crippen molar-refractivity contribution in [1.82, 2.24) is 9.55 Å². The normalized spacial score (nSPS) is 11.6. The summed E-state index contributed by atoms with van der Waals surface area (Å²) in [7, 11) is 0. The number of imidazole rings is 1. The van der Waals surface area contributed by atoms with Gasteiger partial charge < -0.3 is 9.77 Å². The molecule has 1 N–H and O–H groups in total. The maximum atomic E-state index is 8.78. The molecule has 0 atom stereocenters. The van der Waals surface area contributed by atoms with Crippen LogP contribution in [-0.2, 0) is 6.54 Å². The average molecular weight is 289 g/mol. The predicted octanol–water partition coefficient (Wildman–Crippen LogP) is 3.99. The van der Waals surface area contributed by atoms with Crippen molar-refractivity contribution in [2.24, 2.45) is 5.16 Å². The second kappa shape index (κ2) is 6.61. The van der Waals surface area contributed by atoms with Gasteiger partial charge in [0.05, 0.1) is 5.69 Å². The fourth-order valence-corrected chi connectivity index (χ4v) is 3.25. The van der Waals surface area contributed by atoms with E-state index in [0.29, 0.717) is 11.7 Å². The molecule has 0 aliphatic heterocycles. The molecule has 1 heterocycles. The van der Waals surface area contributed by atoms with Crippen LogP contribution in [0.2, 0.25) is 0 Å². The first-order valence-electron chi connectivity index (χ1n) is 6.68. The number of hydrogen-bond donors (Lipinski definition) is 1. The lowest BCUT2D eigenvalue weighted by Crippen LogP contribution is -2.02. The first-order chi connectivity index (χ1) is 9.67. The van der Waals surface area contributed by atoms with Gasteiger partial charge in [-0.3, -0.25) is 0 Å². The van der Waals surface area contributed by atoms with E-state index < -0.39 is 0 Å². The SMILES string of the molecule is CCn1c(/C=N/O)nc(C(C)C)c1Sc1ccccc1. The molecule has 0 radical (unpaired) electrons. The van der Waals surface area contributed by atoms with Crippen LogP contribution in [0.15, 0.2) is 45.4 Å². The molecule has 1 aromatic heterocycles. The second-order valence-electron chi connectivity index (χ2n) is 4.72. The maximum Gasteiger partial charge on any atom is 0.155 e. The Balaban J connectivity index is 2.48. The molecule has 0 saturated carbocycles. The molecule has 0 aliphatic rings. The van der Waals surface area contributed by atoms with E-state index in [-0.39, 0.29) is 0 Å². The van der Waals surface area contributed by atoms with E-state index in [1.54, 1.807) is 11.8 Å². The summed E-state index contributed by atoms with van der Waals surface area (Å²) in [6.07, 6.45) is 1.39. The van der Waals surface area contributed by atoms with Crippen LogP contribution in [0, 0.1) is 0 Å². The van der Waals surface area contributed by atoms with Gasteiger partial charge in [0.1, 0.15) is 11.2 Å². The lowest BCUT2D eigenvalue weighted by atomic mass is 10.1. The lowest BCUT2D eigenvalue weighted by molar-refractivity contribution is 0.321. The van der Waals surface area contributed by atoms with Crippen molar-refractivity contribution in [3.8, 4) is 0 Å². The summed E-state index contributed by atoms with van der Waals surface area (Å²) in [5.41, 5.74) is 1.04. The summed E-state index contributed by atoms with van der Waals surface area (Å²) in [6.45, 7) is 7.10. The highest BCUT2D eigenvalue weighted by Gasteiger charge is 2.18. The molecule has 0 fully saturated rings. The molecule has 0 unspecified atom stereocenters. The van der Waals surface area contributed by atoms with E-state index in [0.717, 1.165) is 17.3 Å². The second-order valence-corrected chi connectivity index (χ2v) is 5.78. The Morgan fingerprint density at radius 2 is 2.05 bits per heavy atom. The van der Waals surface area contributed by atoms with Crippen LogP contribution in [0.1, 0.15) is 38.2 Å². The highest BCUT2D eigenvalue weighted by molar-refractivity contribution is 7.99. The van der Waals surface area contributed by atoms with Crippen LogP contribution in [0.3, 0.4) is 0 Å². The van der Waals surface area contributed by atoms with E-state index in [9.17, 15) is 0 Å². The van der Waals surface area contributed by atoms with Gasteiger partial charge in [-0.05, 0) is 25.0 Å². The minimum Gasteiger partial charge on any atom is -0.411 e. The van der Waals surface area contributed by atoms with Crippen LogP contribution in [0.5, 0.6) is 0 Å². The molecule has 2 aromatic rings. The summed E-state index contributed by atoms with van der Waals surface area (Å²) < 4.78 is 2.08. The highest BCUT2D eigenvalue weighted by atomic mass is 32.2. The predicted molar refractivity (Wildman–Crippen MR) is 81.9 cm³/mol. The van der Waals surface area contributed by atoms with E-state index in [1.807, 2.05) is 18.2 Å². The van der Waals surface area contributed by atoms with Crippen molar-refractivity contribution in [3.63, 3.8) is 0 Å². The molecule has 5 heteroatoms. The monoisotopic (exact) mass is 289 g/mol. The van der Waals surface area contributed by atoms with Crippen LogP contribution >= 0.6 is 11.8 Å². The van der Waals surface area contributed by atoms with Gasteiger partial charge in [0.15, 0.2) is 5.82 Å². The van der Waals surface area contributed by atoms with Crippen LogP contribution < -0.4 is 0 Å². The van der Waals surface area contributed by atoms with Crippen molar-refractivity contribution in [2.75, 3.05) is 0 Å². The Labute approximate surface area is 123 Å². The Kier molecular flexibility index (Phi) is 4.84. The first kappa shape index (κ1) is 14.7. The molecule has 4 nitrogen and oxygen atoms in total. The van der Waals surface area contributed by atoms with Crippen LogP contribution in [-0.4, -0.2) is 21.0 Å². The van der Waals surface area contributed by atoms with Gasteiger partial charge in [0.2, 0.25) is 0 Å². The molecule has 0 bridgehead atoms. The minimum atomic E-state index is 0.319. The van der Waals surface area contributed by atoms with Gasteiger partial charge in [-0.15, -0.1) is 0 Å². The van der Waals surface area contributed by atoms with Crippen molar-refractivity contribution in [2.45, 2.75) is 43.2 Å². The fraction of sp³-hybridized carbons (Fsp3) is 0.333. The zero-order valence-electron chi connectivity index (χ0n) is 11.9. The van der Waals surface area contributed by atoms with E-state index in [4.69, 9.17) is 5.21 Å². The molecule has 0 saturated heterocycles. The zero-order chi connectivity index (χ0) is 14.5. The summed E-state index contributed by atoms with van der Waals surface area (Å²) in [4.78, 5) is 5.78. The standard InChI is InChI=1S/C15H19N3OS/c1-4-18-13(10-16-19)17-14(11(2)3)15(18)20-12-8-6-5-7-9-12/h5-11,19H,4H2,1-3H3/b16-10+. The summed E-state index contributed by atoms with van der Waals surface area (Å²) in [6, 6.07) is 10.2. The molecule has 0 aliphatic carbocycles. The molecular formula is C15H19N3OS. The molecule has 0 amide bonds. The zero-order valence-corrected chi connectivity index (χ0v) is 12.8. The number of benzene rings is 1. The van der Waals surface area contributed by atoms with Crippen molar-refractivity contribution >= 4 is 18.0 Å². The molecule has 20 heavy (non-hydrogen) atoms. The third kappa shape index (κ3) is 3.04. The largest absolute Gasteiger partial charge is 0.411 e. The Hall–Kier alpha value is -1.75. The molecule has 106 valence electrons. The van der Waals surface area contributed by atoms with Gasteiger partial charge in [0.25, 0.3) is 0 Å². The van der Waals surface area contributed by atoms with Crippen LogP contribution in [0.25, 0.3) is 0 Å². The Morgan fingerprint density at radius 1 is 1.35 bits per heavy atom. The molecule has 0 spiro atoms. The molecule has 2 rings (SSSR count). The summed E-state index contributed by atoms with van der Waals surface area (Å²) in [5.74, 6) is 1.01. The summed E-state index contributed by atoms with van der Waals surface area (Å²) >= 11 is 1.70. The quantitative estimate of drug-likeness (QED) is 0.514. The number of nitrogens with zero attached hydrogens (tertiary/aromatic N) is 3. The molecular weight excluding hydrogens is 270 g/mol. The number of aromatic nitrogens is 2. The third-order valence-electron chi connectivity index (χ3n) is 2.97. The van der Waals surface area contributed by atoms with E-state index >= 15 is 0 Å². The lowest BCUT2D eigenvalue weighted by Gasteiger charge is -2.10. The first-order valence-corrected chi connectivity index (χ1v) is 7.49. The highest BCUT2D eigenvalue weighted by Crippen LogP contribution is 2.34. The molecule has 1 aromatic carbocycles. The fourth-order valence-electron chi connectivity index (χ4n) is 2.01. The smallest absolute Gasteiger partial charge is 0.155 e. The number of hydrogen-bond acceptors (Lipinski definition) is 4. The Bertz CT molecular complexity index is 591. The average Bonchev–Trinajstić information content (AvgIpc) is 2.78.